The molecule has 0 bridgehead atoms. The fourth-order valence-corrected chi connectivity index (χ4v) is 2.33. The molecule has 0 aliphatic carbocycles. The van der Waals surface area contributed by atoms with Gasteiger partial charge in [0.2, 0.25) is 0 Å². The van der Waals surface area contributed by atoms with Crippen LogP contribution in [0.15, 0.2) is 24.3 Å². The summed E-state index contributed by atoms with van der Waals surface area (Å²) in [5.41, 5.74) is 1.52. The van der Waals surface area contributed by atoms with E-state index in [0.29, 0.717) is 0 Å². The summed E-state index contributed by atoms with van der Waals surface area (Å²) < 4.78 is 11.3. The van der Waals surface area contributed by atoms with Gasteiger partial charge in [0.05, 0.1) is 19.3 Å². The van der Waals surface area contributed by atoms with E-state index < -0.39 is 0 Å². The average molecular weight is 248 g/mol. The molecule has 1 aliphatic heterocycles. The van der Waals surface area contributed by atoms with E-state index in [4.69, 9.17) is 9.47 Å². The fourth-order valence-electron chi connectivity index (χ4n) is 2.33. The topological polar surface area (TPSA) is 18.5 Å². The molecule has 0 aromatic heterocycles. The monoisotopic (exact) mass is 248 g/mol. The lowest BCUT2D eigenvalue weighted by Gasteiger charge is -2.44. The molecule has 2 rings (SSSR count). The summed E-state index contributed by atoms with van der Waals surface area (Å²) in [6.07, 6.45) is 3.85. The van der Waals surface area contributed by atoms with Gasteiger partial charge in [-0.25, -0.2) is 0 Å². The molecule has 2 nitrogen and oxygen atoms in total. The van der Waals surface area contributed by atoms with Gasteiger partial charge in [-0.1, -0.05) is 45.7 Å². The highest BCUT2D eigenvalue weighted by atomic mass is 16.5. The maximum atomic E-state index is 5.71. The van der Waals surface area contributed by atoms with Gasteiger partial charge in [0.25, 0.3) is 0 Å². The van der Waals surface area contributed by atoms with E-state index in [1.807, 2.05) is 0 Å². The van der Waals surface area contributed by atoms with Crippen molar-refractivity contribution in [1.82, 2.24) is 0 Å². The predicted molar refractivity (Wildman–Crippen MR) is 73.9 cm³/mol. The van der Waals surface area contributed by atoms with Gasteiger partial charge in [0.15, 0.2) is 0 Å². The van der Waals surface area contributed by atoms with E-state index in [9.17, 15) is 0 Å². The highest BCUT2D eigenvalue weighted by molar-refractivity contribution is 5.30. The Morgan fingerprint density at radius 2 is 1.94 bits per heavy atom. The Bertz CT molecular complexity index is 367. The molecule has 1 aliphatic rings. The number of hydrogen-bond donors (Lipinski definition) is 0. The van der Waals surface area contributed by atoms with Crippen LogP contribution in [0.3, 0.4) is 0 Å². The van der Waals surface area contributed by atoms with Crippen molar-refractivity contribution in [3.8, 4) is 5.75 Å². The molecule has 1 aromatic rings. The van der Waals surface area contributed by atoms with Crippen molar-refractivity contribution in [2.45, 2.75) is 46.1 Å². The number of benzene rings is 1. The van der Waals surface area contributed by atoms with E-state index in [0.717, 1.165) is 25.4 Å². The van der Waals surface area contributed by atoms with Crippen molar-refractivity contribution in [2.24, 2.45) is 5.41 Å². The van der Waals surface area contributed by atoms with Gasteiger partial charge < -0.3 is 9.47 Å². The highest BCUT2D eigenvalue weighted by Crippen LogP contribution is 2.45. The molecule has 18 heavy (non-hydrogen) atoms. The van der Waals surface area contributed by atoms with Crippen LogP contribution in [-0.4, -0.2) is 13.2 Å². The fraction of sp³-hybridized carbons (Fsp3) is 0.625. The zero-order chi connectivity index (χ0) is 13.0. The zero-order valence-corrected chi connectivity index (χ0v) is 11.7. The molecule has 0 saturated carbocycles. The summed E-state index contributed by atoms with van der Waals surface area (Å²) in [6.45, 7) is 8.37. The van der Waals surface area contributed by atoms with Gasteiger partial charge in [-0.05, 0) is 24.1 Å². The van der Waals surface area contributed by atoms with Crippen LogP contribution >= 0.6 is 0 Å². The molecule has 0 spiro atoms. The SMILES string of the molecule is CCCCCOc1ccc(C2OCC2(C)C)cc1. The molecule has 100 valence electrons. The number of unbranched alkanes of at least 4 members (excludes halogenated alkanes) is 2. The third-order valence-corrected chi connectivity index (χ3v) is 3.53. The average Bonchev–Trinajstić information content (AvgIpc) is 2.35. The maximum absolute atomic E-state index is 5.71. The lowest BCUT2D eigenvalue weighted by Crippen LogP contribution is -2.40. The Labute approximate surface area is 110 Å². The normalized spacial score (nSPS) is 21.4. The van der Waals surface area contributed by atoms with Crippen molar-refractivity contribution in [3.05, 3.63) is 29.8 Å². The van der Waals surface area contributed by atoms with Gasteiger partial charge in [0, 0.05) is 5.41 Å². The van der Waals surface area contributed by atoms with Gasteiger partial charge in [0.1, 0.15) is 5.75 Å². The molecule has 0 N–H and O–H groups in total. The Balaban J connectivity index is 1.86. The van der Waals surface area contributed by atoms with Crippen LogP contribution in [0.1, 0.15) is 51.7 Å². The third kappa shape index (κ3) is 3.05. The Morgan fingerprint density at radius 1 is 1.22 bits per heavy atom. The Morgan fingerprint density at radius 3 is 2.44 bits per heavy atom. The van der Waals surface area contributed by atoms with Crippen molar-refractivity contribution in [3.63, 3.8) is 0 Å². The van der Waals surface area contributed by atoms with Crippen LogP contribution in [0.25, 0.3) is 0 Å². The summed E-state index contributed by atoms with van der Waals surface area (Å²) >= 11 is 0. The van der Waals surface area contributed by atoms with Crippen molar-refractivity contribution in [1.29, 1.82) is 0 Å². The van der Waals surface area contributed by atoms with E-state index in [2.05, 4.69) is 45.0 Å². The molecule has 1 fully saturated rings. The zero-order valence-electron chi connectivity index (χ0n) is 11.7. The second-order valence-electron chi connectivity index (χ2n) is 5.80. The summed E-state index contributed by atoms with van der Waals surface area (Å²) in [6, 6.07) is 8.36. The van der Waals surface area contributed by atoms with Crippen LogP contribution in [0, 0.1) is 5.41 Å². The van der Waals surface area contributed by atoms with Crippen molar-refractivity contribution in [2.75, 3.05) is 13.2 Å². The minimum absolute atomic E-state index is 0.242. The van der Waals surface area contributed by atoms with Gasteiger partial charge >= 0.3 is 0 Å². The molecule has 0 amide bonds. The standard InChI is InChI=1S/C16H24O2/c1-4-5-6-11-17-14-9-7-13(8-10-14)15-16(2,3)12-18-15/h7-10,15H,4-6,11-12H2,1-3H3. The summed E-state index contributed by atoms with van der Waals surface area (Å²) in [5.74, 6) is 0.965. The first-order valence-corrected chi connectivity index (χ1v) is 6.98. The molecule has 1 heterocycles. The van der Waals surface area contributed by atoms with E-state index >= 15 is 0 Å². The van der Waals surface area contributed by atoms with Crippen LogP contribution in [-0.2, 0) is 4.74 Å². The predicted octanol–water partition coefficient (Wildman–Crippen LogP) is 4.35. The van der Waals surface area contributed by atoms with Gasteiger partial charge in [-0.3, -0.25) is 0 Å². The van der Waals surface area contributed by atoms with Gasteiger partial charge in [-0.15, -0.1) is 0 Å². The minimum Gasteiger partial charge on any atom is -0.494 e. The minimum atomic E-state index is 0.242. The van der Waals surface area contributed by atoms with Crippen LogP contribution in [0.2, 0.25) is 0 Å². The van der Waals surface area contributed by atoms with Gasteiger partial charge in [-0.2, -0.15) is 0 Å². The van der Waals surface area contributed by atoms with Crippen LogP contribution < -0.4 is 4.74 Å². The Kier molecular flexibility index (Phi) is 4.28. The van der Waals surface area contributed by atoms with Crippen molar-refractivity contribution >= 4 is 0 Å². The van der Waals surface area contributed by atoms with E-state index in [1.54, 1.807) is 0 Å². The molecule has 2 heteroatoms. The first kappa shape index (κ1) is 13.4. The maximum Gasteiger partial charge on any atom is 0.119 e. The van der Waals surface area contributed by atoms with Crippen molar-refractivity contribution < 1.29 is 9.47 Å². The lowest BCUT2D eigenvalue weighted by atomic mass is 9.79. The first-order chi connectivity index (χ1) is 8.63. The number of ether oxygens (including phenoxy) is 2. The molecule has 1 aromatic carbocycles. The molecule has 1 saturated heterocycles. The number of rotatable bonds is 6. The van der Waals surface area contributed by atoms with E-state index in [1.165, 1.54) is 18.4 Å². The second-order valence-corrected chi connectivity index (χ2v) is 5.80. The summed E-state index contributed by atoms with van der Waals surface area (Å²) in [5, 5.41) is 0. The smallest absolute Gasteiger partial charge is 0.119 e. The van der Waals surface area contributed by atoms with Crippen LogP contribution in [0.4, 0.5) is 0 Å². The first-order valence-electron chi connectivity index (χ1n) is 6.98. The van der Waals surface area contributed by atoms with E-state index in [-0.39, 0.29) is 11.5 Å². The lowest BCUT2D eigenvalue weighted by molar-refractivity contribution is -0.172. The third-order valence-electron chi connectivity index (χ3n) is 3.53. The quantitative estimate of drug-likeness (QED) is 0.697. The molecule has 1 unspecified atom stereocenters. The molecule has 0 radical (unpaired) electrons. The second kappa shape index (κ2) is 5.75. The largest absolute Gasteiger partial charge is 0.494 e. The Hall–Kier alpha value is -1.02. The molecule has 1 atom stereocenters. The highest BCUT2D eigenvalue weighted by Gasteiger charge is 2.40. The summed E-state index contributed by atoms with van der Waals surface area (Å²) in [7, 11) is 0. The molecular formula is C16H24O2. The molecular weight excluding hydrogens is 224 g/mol. The van der Waals surface area contributed by atoms with Crippen LogP contribution in [0.5, 0.6) is 5.75 Å². The number of hydrogen-bond acceptors (Lipinski definition) is 2. The summed E-state index contributed by atoms with van der Waals surface area (Å²) in [4.78, 5) is 0.